The molecule has 1 aliphatic rings. The van der Waals surface area contributed by atoms with Crippen LogP contribution in [0.4, 0.5) is 4.39 Å². The third-order valence-corrected chi connectivity index (χ3v) is 5.35. The summed E-state index contributed by atoms with van der Waals surface area (Å²) in [7, 11) is 4.22. The molecule has 1 fully saturated rings. The molecule has 0 saturated carbocycles. The first-order valence-electron chi connectivity index (χ1n) is 7.78. The van der Waals surface area contributed by atoms with Crippen LogP contribution in [-0.4, -0.2) is 48.0 Å². The first-order valence-corrected chi connectivity index (χ1v) is 8.57. The summed E-state index contributed by atoms with van der Waals surface area (Å²) in [4.78, 5) is 8.71. The van der Waals surface area contributed by atoms with E-state index in [-0.39, 0.29) is 5.82 Å². The van der Waals surface area contributed by atoms with E-state index in [4.69, 9.17) is 0 Å². The standard InChI is InChI=1S/C18H21BrFN3/c1-22(2)18-12-23(10-14(18)13-6-8-21-9-7-13)11-15-16(19)4-3-5-17(15)20/h3-9,14,18H,10-12H2,1-2H3/t14-,18+/m1/s1. The summed E-state index contributed by atoms with van der Waals surface area (Å²) >= 11 is 3.47. The van der Waals surface area contributed by atoms with Gasteiger partial charge in [-0.15, -0.1) is 0 Å². The molecule has 0 N–H and O–H groups in total. The molecule has 2 aromatic rings. The Bertz CT molecular complexity index is 642. The van der Waals surface area contributed by atoms with Crippen LogP contribution in [-0.2, 0) is 6.54 Å². The molecule has 1 aliphatic heterocycles. The van der Waals surface area contributed by atoms with Gasteiger partial charge in [0, 0.05) is 54.0 Å². The second-order valence-corrected chi connectivity index (χ2v) is 7.17. The van der Waals surface area contributed by atoms with Crippen LogP contribution in [0.25, 0.3) is 0 Å². The Morgan fingerprint density at radius 1 is 1.22 bits per heavy atom. The van der Waals surface area contributed by atoms with Crippen molar-refractivity contribution >= 4 is 15.9 Å². The Kier molecular flexibility index (Phi) is 5.09. The zero-order valence-corrected chi connectivity index (χ0v) is 15.0. The molecule has 2 heterocycles. The normalized spacial score (nSPS) is 22.0. The van der Waals surface area contributed by atoms with Gasteiger partial charge >= 0.3 is 0 Å². The average molecular weight is 378 g/mol. The number of hydrogen-bond acceptors (Lipinski definition) is 3. The zero-order chi connectivity index (χ0) is 16.4. The maximum absolute atomic E-state index is 14.1. The van der Waals surface area contributed by atoms with Crippen molar-refractivity contribution in [2.75, 3.05) is 27.2 Å². The van der Waals surface area contributed by atoms with Gasteiger partial charge in [0.05, 0.1) is 0 Å². The fourth-order valence-corrected chi connectivity index (χ4v) is 3.83. The number of hydrogen-bond donors (Lipinski definition) is 0. The Labute approximate surface area is 145 Å². The number of likely N-dealkylation sites (N-methyl/N-ethyl adjacent to an activating group) is 1. The molecule has 3 nitrogen and oxygen atoms in total. The SMILES string of the molecule is CN(C)[C@H]1CN(Cc2c(F)cccc2Br)C[C@@H]1c1ccncc1. The van der Waals surface area contributed by atoms with Crippen molar-refractivity contribution in [1.82, 2.24) is 14.8 Å². The largest absolute Gasteiger partial charge is 0.305 e. The average Bonchev–Trinajstić information content (AvgIpc) is 2.96. The van der Waals surface area contributed by atoms with E-state index in [9.17, 15) is 4.39 Å². The predicted octanol–water partition coefficient (Wildman–Crippen LogP) is 3.51. The lowest BCUT2D eigenvalue weighted by Gasteiger charge is -2.25. The van der Waals surface area contributed by atoms with Crippen LogP contribution in [0.3, 0.4) is 0 Å². The van der Waals surface area contributed by atoms with Crippen molar-refractivity contribution < 1.29 is 4.39 Å². The van der Waals surface area contributed by atoms with Crippen LogP contribution in [0.15, 0.2) is 47.2 Å². The molecule has 1 aromatic carbocycles. The van der Waals surface area contributed by atoms with Crippen LogP contribution in [0.2, 0.25) is 0 Å². The second-order valence-electron chi connectivity index (χ2n) is 6.31. The monoisotopic (exact) mass is 377 g/mol. The summed E-state index contributed by atoms with van der Waals surface area (Å²) in [6, 6.07) is 9.75. The Hall–Kier alpha value is -1.30. The molecule has 0 aliphatic carbocycles. The molecular weight excluding hydrogens is 357 g/mol. The van der Waals surface area contributed by atoms with Gasteiger partial charge in [0.15, 0.2) is 0 Å². The van der Waals surface area contributed by atoms with E-state index < -0.39 is 0 Å². The molecule has 3 rings (SSSR count). The molecule has 0 amide bonds. The molecule has 1 aromatic heterocycles. The van der Waals surface area contributed by atoms with E-state index >= 15 is 0 Å². The van der Waals surface area contributed by atoms with E-state index in [1.807, 2.05) is 18.5 Å². The molecule has 0 bridgehead atoms. The summed E-state index contributed by atoms with van der Waals surface area (Å²) in [5.74, 6) is 0.270. The van der Waals surface area contributed by atoms with E-state index in [1.54, 1.807) is 6.07 Å². The zero-order valence-electron chi connectivity index (χ0n) is 13.4. The Morgan fingerprint density at radius 3 is 2.61 bits per heavy atom. The maximum atomic E-state index is 14.1. The van der Waals surface area contributed by atoms with E-state index in [0.29, 0.717) is 18.5 Å². The van der Waals surface area contributed by atoms with Crippen LogP contribution in [0, 0.1) is 5.82 Å². The number of aromatic nitrogens is 1. The molecule has 122 valence electrons. The predicted molar refractivity (Wildman–Crippen MR) is 93.8 cm³/mol. The van der Waals surface area contributed by atoms with Gasteiger partial charge in [-0.2, -0.15) is 0 Å². The van der Waals surface area contributed by atoms with Crippen molar-refractivity contribution in [2.24, 2.45) is 0 Å². The quantitative estimate of drug-likeness (QED) is 0.812. The van der Waals surface area contributed by atoms with Crippen LogP contribution >= 0.6 is 15.9 Å². The van der Waals surface area contributed by atoms with Crippen LogP contribution < -0.4 is 0 Å². The minimum absolute atomic E-state index is 0.145. The van der Waals surface area contributed by atoms with Crippen molar-refractivity contribution in [3.05, 3.63) is 64.1 Å². The van der Waals surface area contributed by atoms with Crippen molar-refractivity contribution in [1.29, 1.82) is 0 Å². The second kappa shape index (κ2) is 7.07. The molecule has 0 radical (unpaired) electrons. The molecule has 23 heavy (non-hydrogen) atoms. The van der Waals surface area contributed by atoms with Gasteiger partial charge in [-0.3, -0.25) is 9.88 Å². The number of pyridine rings is 1. The van der Waals surface area contributed by atoms with Crippen molar-refractivity contribution in [3.63, 3.8) is 0 Å². The van der Waals surface area contributed by atoms with Gasteiger partial charge in [-0.25, -0.2) is 4.39 Å². The highest BCUT2D eigenvalue weighted by Crippen LogP contribution is 2.32. The van der Waals surface area contributed by atoms with Crippen LogP contribution in [0.5, 0.6) is 0 Å². The number of benzene rings is 1. The fourth-order valence-electron chi connectivity index (χ4n) is 3.36. The van der Waals surface area contributed by atoms with Crippen molar-refractivity contribution in [2.45, 2.75) is 18.5 Å². The van der Waals surface area contributed by atoms with E-state index in [2.05, 4.69) is 56.9 Å². The third kappa shape index (κ3) is 3.62. The maximum Gasteiger partial charge on any atom is 0.128 e. The number of halogens is 2. The van der Waals surface area contributed by atoms with Gasteiger partial charge in [-0.05, 0) is 43.9 Å². The first-order chi connectivity index (χ1) is 11.1. The topological polar surface area (TPSA) is 19.4 Å². The van der Waals surface area contributed by atoms with Gasteiger partial charge in [-0.1, -0.05) is 22.0 Å². The first kappa shape index (κ1) is 16.6. The van der Waals surface area contributed by atoms with E-state index in [1.165, 1.54) is 11.6 Å². The minimum atomic E-state index is -0.145. The lowest BCUT2D eigenvalue weighted by atomic mass is 9.95. The van der Waals surface area contributed by atoms with E-state index in [0.717, 1.165) is 23.1 Å². The number of likely N-dealkylation sites (tertiary alicyclic amines) is 1. The summed E-state index contributed by atoms with van der Waals surface area (Å²) in [5.41, 5.74) is 2.04. The fraction of sp³-hybridized carbons (Fsp3) is 0.389. The Balaban J connectivity index is 1.81. The molecular formula is C18H21BrFN3. The van der Waals surface area contributed by atoms with Crippen LogP contribution in [0.1, 0.15) is 17.0 Å². The molecule has 0 unspecified atom stereocenters. The van der Waals surface area contributed by atoms with Gasteiger partial charge in [0.25, 0.3) is 0 Å². The highest BCUT2D eigenvalue weighted by atomic mass is 79.9. The summed E-state index contributed by atoms with van der Waals surface area (Å²) in [5, 5.41) is 0. The summed E-state index contributed by atoms with van der Waals surface area (Å²) < 4.78 is 14.9. The minimum Gasteiger partial charge on any atom is -0.305 e. The number of rotatable bonds is 4. The number of nitrogens with zero attached hydrogens (tertiary/aromatic N) is 3. The smallest absolute Gasteiger partial charge is 0.128 e. The lowest BCUT2D eigenvalue weighted by molar-refractivity contribution is 0.258. The lowest BCUT2D eigenvalue weighted by Crippen LogP contribution is -2.34. The molecule has 5 heteroatoms. The molecule has 1 saturated heterocycles. The third-order valence-electron chi connectivity index (χ3n) is 4.61. The van der Waals surface area contributed by atoms with Gasteiger partial charge in [0.2, 0.25) is 0 Å². The Morgan fingerprint density at radius 2 is 1.96 bits per heavy atom. The molecule has 2 atom stereocenters. The summed E-state index contributed by atoms with van der Waals surface area (Å²) in [6.07, 6.45) is 3.69. The summed E-state index contributed by atoms with van der Waals surface area (Å²) in [6.45, 7) is 2.48. The van der Waals surface area contributed by atoms with Gasteiger partial charge in [0.1, 0.15) is 5.82 Å². The highest BCUT2D eigenvalue weighted by molar-refractivity contribution is 9.10. The van der Waals surface area contributed by atoms with Crippen molar-refractivity contribution in [3.8, 4) is 0 Å². The molecule has 0 spiro atoms. The highest BCUT2D eigenvalue weighted by Gasteiger charge is 2.35. The van der Waals surface area contributed by atoms with Gasteiger partial charge < -0.3 is 4.90 Å².